The topological polar surface area (TPSA) is 59.8 Å². The number of thiophene rings is 1. The molecular weight excluding hydrogens is 424 g/mol. The molecule has 2 heterocycles. The highest BCUT2D eigenvalue weighted by atomic mass is 32.2. The van der Waals surface area contributed by atoms with Crippen LogP contribution in [0, 0.1) is 5.92 Å². The minimum atomic E-state index is -0.0157. The summed E-state index contributed by atoms with van der Waals surface area (Å²) in [4.78, 5) is 14.0. The summed E-state index contributed by atoms with van der Waals surface area (Å²) in [5, 5.41) is 15.2. The van der Waals surface area contributed by atoms with Crippen molar-refractivity contribution in [1.82, 2.24) is 20.1 Å². The number of hydrogen-bond acceptors (Lipinski definition) is 5. The van der Waals surface area contributed by atoms with Crippen LogP contribution in [0.5, 0.6) is 0 Å². The lowest BCUT2D eigenvalue weighted by atomic mass is 9.88. The van der Waals surface area contributed by atoms with Gasteiger partial charge in [-0.15, -0.1) is 21.5 Å². The smallest absolute Gasteiger partial charge is 0.230 e. The third-order valence-electron chi connectivity index (χ3n) is 5.82. The van der Waals surface area contributed by atoms with Crippen LogP contribution in [0.1, 0.15) is 55.7 Å². The molecule has 3 aromatic rings. The number of amides is 1. The average Bonchev–Trinajstić information content (AvgIpc) is 3.36. The molecule has 5 nitrogen and oxygen atoms in total. The predicted octanol–water partition coefficient (Wildman–Crippen LogP) is 5.51. The van der Waals surface area contributed by atoms with E-state index in [-0.39, 0.29) is 11.9 Å². The highest BCUT2D eigenvalue weighted by Gasteiger charge is 2.24. The Hall–Kier alpha value is -2.12. The van der Waals surface area contributed by atoms with E-state index in [0.29, 0.717) is 5.75 Å². The molecule has 164 valence electrons. The van der Waals surface area contributed by atoms with Crippen LogP contribution in [0.2, 0.25) is 0 Å². The third kappa shape index (κ3) is 5.04. The van der Waals surface area contributed by atoms with E-state index in [1.807, 2.05) is 48.6 Å². The Morgan fingerprint density at radius 2 is 2.13 bits per heavy atom. The maximum Gasteiger partial charge on any atom is 0.230 e. The van der Waals surface area contributed by atoms with Crippen LogP contribution in [0.15, 0.2) is 40.9 Å². The number of rotatable bonds is 8. The van der Waals surface area contributed by atoms with Crippen molar-refractivity contribution in [3.05, 3.63) is 51.7 Å². The molecule has 2 aromatic heterocycles. The lowest BCUT2D eigenvalue weighted by Crippen LogP contribution is -2.28. The Bertz CT molecular complexity index is 1030. The quantitative estimate of drug-likeness (QED) is 0.456. The zero-order chi connectivity index (χ0) is 21.8. The van der Waals surface area contributed by atoms with Gasteiger partial charge in [-0.05, 0) is 49.7 Å². The second-order valence-electron chi connectivity index (χ2n) is 8.35. The minimum Gasteiger partial charge on any atom is -0.349 e. The fraction of sp³-hybridized carbons (Fsp3) is 0.458. The zero-order valence-electron chi connectivity index (χ0n) is 18.4. The van der Waals surface area contributed by atoms with E-state index in [1.54, 1.807) is 0 Å². The Morgan fingerprint density at radius 3 is 2.90 bits per heavy atom. The van der Waals surface area contributed by atoms with E-state index >= 15 is 0 Å². The summed E-state index contributed by atoms with van der Waals surface area (Å²) in [6.45, 7) is 7.36. The number of carbonyl (C=O) groups excluding carboxylic acids is 1. The van der Waals surface area contributed by atoms with Gasteiger partial charge >= 0.3 is 0 Å². The molecule has 2 atom stereocenters. The molecule has 2 unspecified atom stereocenters. The normalized spacial score (nSPS) is 16.7. The fourth-order valence-electron chi connectivity index (χ4n) is 4.12. The minimum absolute atomic E-state index is 0.0100. The molecule has 0 spiro atoms. The maximum atomic E-state index is 12.5. The van der Waals surface area contributed by atoms with E-state index in [0.717, 1.165) is 41.8 Å². The summed E-state index contributed by atoms with van der Waals surface area (Å²) in [7, 11) is 0. The molecule has 0 fully saturated rings. The van der Waals surface area contributed by atoms with Crippen molar-refractivity contribution in [3.63, 3.8) is 0 Å². The fourth-order valence-corrected chi connectivity index (χ4v) is 6.14. The lowest BCUT2D eigenvalue weighted by molar-refractivity contribution is -0.119. The molecule has 1 aromatic carbocycles. The summed E-state index contributed by atoms with van der Waals surface area (Å²) < 4.78 is 2.19. The van der Waals surface area contributed by atoms with E-state index < -0.39 is 0 Å². The summed E-state index contributed by atoms with van der Waals surface area (Å²) in [6.07, 6.45) is 4.53. The number of aromatic nitrogens is 3. The number of hydrogen-bond donors (Lipinski definition) is 1. The van der Waals surface area contributed by atoms with E-state index in [2.05, 4.69) is 39.3 Å². The SMILES string of the molecule is CCCn1c(SCC(=O)NC(C)c2ccccc2)nnc1-c1csc2c1CCC(C)C2. The Kier molecular flexibility index (Phi) is 7.13. The maximum absolute atomic E-state index is 12.5. The van der Waals surface area contributed by atoms with Gasteiger partial charge in [-0.3, -0.25) is 4.79 Å². The van der Waals surface area contributed by atoms with Crippen molar-refractivity contribution in [3.8, 4) is 11.4 Å². The molecule has 0 saturated heterocycles. The molecule has 7 heteroatoms. The van der Waals surface area contributed by atoms with Crippen molar-refractivity contribution < 1.29 is 4.79 Å². The van der Waals surface area contributed by atoms with Crippen LogP contribution in [0.25, 0.3) is 11.4 Å². The molecule has 4 rings (SSSR count). The first-order valence-electron chi connectivity index (χ1n) is 11.1. The van der Waals surface area contributed by atoms with Crippen LogP contribution in [0.3, 0.4) is 0 Å². The van der Waals surface area contributed by atoms with Crippen LogP contribution in [-0.4, -0.2) is 26.4 Å². The lowest BCUT2D eigenvalue weighted by Gasteiger charge is -2.19. The van der Waals surface area contributed by atoms with Gasteiger partial charge in [0.05, 0.1) is 11.8 Å². The zero-order valence-corrected chi connectivity index (χ0v) is 20.1. The second-order valence-corrected chi connectivity index (χ2v) is 10.3. The molecule has 1 N–H and O–H groups in total. The molecule has 1 amide bonds. The van der Waals surface area contributed by atoms with Crippen molar-refractivity contribution in [2.45, 2.75) is 64.2 Å². The first-order valence-corrected chi connectivity index (χ1v) is 12.9. The van der Waals surface area contributed by atoms with Crippen molar-refractivity contribution in [1.29, 1.82) is 0 Å². The number of fused-ring (bicyclic) bond motifs is 1. The number of carbonyl (C=O) groups is 1. The van der Waals surface area contributed by atoms with Gasteiger partial charge in [0.25, 0.3) is 0 Å². The number of nitrogens with zero attached hydrogens (tertiary/aromatic N) is 3. The van der Waals surface area contributed by atoms with Gasteiger partial charge in [-0.1, -0.05) is 55.9 Å². The summed E-state index contributed by atoms with van der Waals surface area (Å²) in [6, 6.07) is 10.0. The number of thioether (sulfide) groups is 1. The molecule has 0 bridgehead atoms. The average molecular weight is 455 g/mol. The van der Waals surface area contributed by atoms with Gasteiger partial charge in [0.2, 0.25) is 5.91 Å². The first-order chi connectivity index (χ1) is 15.1. The summed E-state index contributed by atoms with van der Waals surface area (Å²) >= 11 is 3.33. The molecule has 0 aliphatic heterocycles. The largest absolute Gasteiger partial charge is 0.349 e. The number of nitrogens with one attached hydrogen (secondary N) is 1. The van der Waals surface area contributed by atoms with E-state index in [1.165, 1.54) is 40.6 Å². The molecule has 1 aliphatic rings. The Labute approximate surface area is 192 Å². The molecular formula is C24H30N4OS2. The van der Waals surface area contributed by atoms with E-state index in [9.17, 15) is 4.79 Å². The van der Waals surface area contributed by atoms with Gasteiger partial charge < -0.3 is 9.88 Å². The molecule has 0 saturated carbocycles. The Morgan fingerprint density at radius 1 is 1.32 bits per heavy atom. The van der Waals surface area contributed by atoms with Gasteiger partial charge in [-0.2, -0.15) is 0 Å². The highest BCUT2D eigenvalue weighted by Crippen LogP contribution is 2.38. The van der Waals surface area contributed by atoms with Crippen LogP contribution in [0.4, 0.5) is 0 Å². The molecule has 31 heavy (non-hydrogen) atoms. The van der Waals surface area contributed by atoms with Crippen molar-refractivity contribution in [2.75, 3.05) is 5.75 Å². The summed E-state index contributed by atoms with van der Waals surface area (Å²) in [5.41, 5.74) is 3.80. The second kappa shape index (κ2) is 10.0. The molecule has 1 aliphatic carbocycles. The van der Waals surface area contributed by atoms with Crippen LogP contribution >= 0.6 is 23.1 Å². The van der Waals surface area contributed by atoms with Crippen LogP contribution in [-0.2, 0) is 24.2 Å². The monoisotopic (exact) mass is 454 g/mol. The van der Waals surface area contributed by atoms with E-state index in [4.69, 9.17) is 0 Å². The summed E-state index contributed by atoms with van der Waals surface area (Å²) in [5.74, 6) is 2.05. The van der Waals surface area contributed by atoms with Gasteiger partial charge in [0.1, 0.15) is 0 Å². The first kappa shape index (κ1) is 22.1. The van der Waals surface area contributed by atoms with Crippen molar-refractivity contribution >= 4 is 29.0 Å². The molecule has 0 radical (unpaired) electrons. The van der Waals surface area contributed by atoms with Gasteiger partial charge in [-0.25, -0.2) is 0 Å². The third-order valence-corrected chi connectivity index (χ3v) is 7.83. The van der Waals surface area contributed by atoms with Gasteiger partial charge in [0.15, 0.2) is 11.0 Å². The Balaban J connectivity index is 1.46. The highest BCUT2D eigenvalue weighted by molar-refractivity contribution is 7.99. The standard InChI is InChI=1S/C24H30N4OS2/c1-4-12-28-23(20-14-30-21-13-16(2)10-11-19(20)21)26-27-24(28)31-15-22(29)25-17(3)18-8-6-5-7-9-18/h5-9,14,16-17H,4,10-13,15H2,1-3H3,(H,25,29). The van der Waals surface area contributed by atoms with Crippen LogP contribution < -0.4 is 5.32 Å². The van der Waals surface area contributed by atoms with Crippen molar-refractivity contribution in [2.24, 2.45) is 5.92 Å². The van der Waals surface area contributed by atoms with Gasteiger partial charge in [0, 0.05) is 22.4 Å². The number of benzene rings is 1. The predicted molar refractivity (Wildman–Crippen MR) is 129 cm³/mol.